The molecule has 1 unspecified atom stereocenters. The third-order valence-corrected chi connectivity index (χ3v) is 10.9. The molecule has 44 heavy (non-hydrogen) atoms. The number of carbonyl (C=O) groups is 2. The second-order valence-corrected chi connectivity index (χ2v) is 13.5. The van der Waals surface area contributed by atoms with Crippen molar-refractivity contribution in [1.82, 2.24) is 20.1 Å². The van der Waals surface area contributed by atoms with Crippen LogP contribution in [0.3, 0.4) is 0 Å². The Bertz CT molecular complexity index is 1720. The molecule has 0 radical (unpaired) electrons. The molecule has 1 aliphatic carbocycles. The van der Waals surface area contributed by atoms with Crippen molar-refractivity contribution in [3.63, 3.8) is 0 Å². The largest absolute Gasteiger partial charge is 0.345 e. The number of carbonyl (C=O) groups excluding carboxylic acids is 2. The van der Waals surface area contributed by atoms with Gasteiger partial charge in [0.1, 0.15) is 0 Å². The van der Waals surface area contributed by atoms with E-state index in [0.29, 0.717) is 21.6 Å². The van der Waals surface area contributed by atoms with Crippen LogP contribution >= 0.6 is 23.2 Å². The Kier molecular flexibility index (Phi) is 8.08. The number of hydrogen-bond acceptors (Lipinski definition) is 4. The molecule has 2 aliphatic heterocycles. The van der Waals surface area contributed by atoms with Crippen molar-refractivity contribution in [3.8, 4) is 0 Å². The molecule has 2 fully saturated rings. The van der Waals surface area contributed by atoms with Crippen molar-refractivity contribution in [3.05, 3.63) is 111 Å². The van der Waals surface area contributed by atoms with Crippen LogP contribution < -0.4 is 5.32 Å². The first kappa shape index (κ1) is 29.3. The number of aryl methyl sites for hydroxylation is 1. The van der Waals surface area contributed by atoms with Gasteiger partial charge in [-0.2, -0.15) is 0 Å². The number of halogens is 2. The maximum absolute atomic E-state index is 13.6. The fraction of sp³-hybridized carbons (Fsp3) is 0.361. The van der Waals surface area contributed by atoms with E-state index in [0.717, 1.165) is 69.5 Å². The number of amides is 2. The highest BCUT2D eigenvalue weighted by Crippen LogP contribution is 2.42. The molecular formula is C36H36Cl2N4O2. The van der Waals surface area contributed by atoms with Gasteiger partial charge in [-0.1, -0.05) is 47.5 Å². The molecule has 0 saturated carbocycles. The van der Waals surface area contributed by atoms with Gasteiger partial charge in [0.15, 0.2) is 0 Å². The summed E-state index contributed by atoms with van der Waals surface area (Å²) in [6, 6.07) is 21.6. The smallest absolute Gasteiger partial charge is 0.253 e. The molecule has 1 aromatic heterocycles. The van der Waals surface area contributed by atoms with Crippen molar-refractivity contribution >= 4 is 45.9 Å². The normalized spacial score (nSPS) is 19.7. The zero-order valence-corrected chi connectivity index (χ0v) is 26.2. The second-order valence-electron chi connectivity index (χ2n) is 12.7. The molecule has 6 nitrogen and oxygen atoms in total. The molecule has 226 valence electrons. The van der Waals surface area contributed by atoms with Crippen LogP contribution in [0.15, 0.2) is 72.9 Å². The van der Waals surface area contributed by atoms with Gasteiger partial charge >= 0.3 is 0 Å². The average molecular weight is 628 g/mol. The number of fused-ring (bicyclic) bond motifs is 2. The number of benzene rings is 3. The van der Waals surface area contributed by atoms with Gasteiger partial charge < -0.3 is 10.2 Å². The van der Waals surface area contributed by atoms with Crippen molar-refractivity contribution in [2.45, 2.75) is 51.1 Å². The highest BCUT2D eigenvalue weighted by atomic mass is 35.5. The van der Waals surface area contributed by atoms with E-state index in [1.54, 1.807) is 18.2 Å². The van der Waals surface area contributed by atoms with Crippen LogP contribution in [-0.2, 0) is 13.0 Å². The zero-order chi connectivity index (χ0) is 30.3. The first-order valence-corrected chi connectivity index (χ1v) is 16.4. The minimum atomic E-state index is -0.256. The summed E-state index contributed by atoms with van der Waals surface area (Å²) in [4.78, 5) is 35.7. The fourth-order valence-electron chi connectivity index (χ4n) is 7.33. The number of nitrogens with zero attached hydrogens (tertiary/aromatic N) is 3. The van der Waals surface area contributed by atoms with Crippen LogP contribution in [0.25, 0.3) is 10.9 Å². The van der Waals surface area contributed by atoms with Crippen LogP contribution in [0.5, 0.6) is 0 Å². The molecular weight excluding hydrogens is 591 g/mol. The van der Waals surface area contributed by atoms with E-state index in [9.17, 15) is 9.59 Å². The number of nitrogens with one attached hydrogen (secondary N) is 1. The number of piperidine rings is 2. The van der Waals surface area contributed by atoms with Crippen LogP contribution in [-0.4, -0.2) is 52.8 Å². The van der Waals surface area contributed by atoms with Crippen LogP contribution in [0, 0.1) is 5.41 Å². The molecule has 0 bridgehead atoms. The average Bonchev–Trinajstić information content (AvgIpc) is 3.45. The van der Waals surface area contributed by atoms with Crippen molar-refractivity contribution in [1.29, 1.82) is 0 Å². The molecule has 7 rings (SSSR count). The summed E-state index contributed by atoms with van der Waals surface area (Å²) >= 11 is 12.4. The summed E-state index contributed by atoms with van der Waals surface area (Å²) in [7, 11) is 0. The molecule has 1 N–H and O–H groups in total. The predicted molar refractivity (Wildman–Crippen MR) is 175 cm³/mol. The van der Waals surface area contributed by atoms with Crippen molar-refractivity contribution in [2.24, 2.45) is 5.41 Å². The molecule has 2 amide bonds. The van der Waals surface area contributed by atoms with E-state index >= 15 is 0 Å². The predicted octanol–water partition coefficient (Wildman–Crippen LogP) is 7.48. The SMILES string of the molecule is O=C(NC1CCc2ccc(C(=O)N3CCC4(CCN(Cc5ccc6ncccc6c5)CC4)CC3)cc21)c1cccc(Cl)c1Cl. The van der Waals surface area contributed by atoms with E-state index in [-0.39, 0.29) is 22.9 Å². The third-order valence-electron chi connectivity index (χ3n) is 10.1. The highest BCUT2D eigenvalue weighted by Gasteiger charge is 2.39. The lowest BCUT2D eigenvalue weighted by atomic mass is 9.71. The van der Waals surface area contributed by atoms with Crippen LogP contribution in [0.4, 0.5) is 0 Å². The van der Waals surface area contributed by atoms with E-state index in [4.69, 9.17) is 23.2 Å². The number of rotatable bonds is 5. The summed E-state index contributed by atoms with van der Waals surface area (Å²) in [6.45, 7) is 4.74. The minimum absolute atomic E-state index is 0.0840. The summed E-state index contributed by atoms with van der Waals surface area (Å²) in [6.07, 6.45) is 7.96. The maximum Gasteiger partial charge on any atom is 0.253 e. The lowest BCUT2D eigenvalue weighted by Gasteiger charge is -2.47. The number of pyridine rings is 1. The lowest BCUT2D eigenvalue weighted by molar-refractivity contribution is 0.0285. The molecule has 2 saturated heterocycles. The number of aromatic nitrogens is 1. The zero-order valence-electron chi connectivity index (χ0n) is 24.7. The summed E-state index contributed by atoms with van der Waals surface area (Å²) in [5.74, 6) is -0.172. The van der Waals surface area contributed by atoms with Crippen LogP contribution in [0.2, 0.25) is 10.0 Å². The van der Waals surface area contributed by atoms with Gasteiger partial charge in [0, 0.05) is 36.8 Å². The van der Waals surface area contributed by atoms with E-state index in [1.165, 1.54) is 29.4 Å². The summed E-state index contributed by atoms with van der Waals surface area (Å²) in [5, 5.41) is 4.92. The standard InChI is InChI=1S/C36H36Cl2N4O2/c37-30-5-1-4-28(33(30)38)34(43)40-32-11-9-25-7-8-27(22-29(25)32)35(44)42-19-14-36(15-20-42)12-17-41(18-13-36)23-24-6-10-31-26(21-24)3-2-16-39-31/h1-8,10,16,21-22,32H,9,11-15,17-20,23H2,(H,40,43). The van der Waals surface area contributed by atoms with Gasteiger partial charge in [-0.25, -0.2) is 0 Å². The molecule has 3 heterocycles. The minimum Gasteiger partial charge on any atom is -0.345 e. The Morgan fingerprint density at radius 3 is 2.52 bits per heavy atom. The van der Waals surface area contributed by atoms with Crippen LogP contribution in [0.1, 0.15) is 75.6 Å². The Balaban J connectivity index is 0.947. The molecule has 3 aromatic carbocycles. The van der Waals surface area contributed by atoms with Gasteiger partial charge in [-0.05, 0) is 116 Å². The Hall–Kier alpha value is -3.45. The fourth-order valence-corrected chi connectivity index (χ4v) is 7.72. The quantitative estimate of drug-likeness (QED) is 0.249. The molecule has 4 aromatic rings. The topological polar surface area (TPSA) is 65.5 Å². The van der Waals surface area contributed by atoms with Gasteiger partial charge in [0.25, 0.3) is 11.8 Å². The van der Waals surface area contributed by atoms with Crippen molar-refractivity contribution < 1.29 is 9.59 Å². The number of likely N-dealkylation sites (tertiary alicyclic amines) is 2. The Morgan fingerprint density at radius 1 is 0.909 bits per heavy atom. The first-order valence-electron chi connectivity index (χ1n) is 15.6. The van der Waals surface area contributed by atoms with Gasteiger partial charge in [-0.15, -0.1) is 0 Å². The molecule has 1 spiro atoms. The summed E-state index contributed by atoms with van der Waals surface area (Å²) < 4.78 is 0. The van der Waals surface area contributed by atoms with Crippen molar-refractivity contribution in [2.75, 3.05) is 26.2 Å². The molecule has 1 atom stereocenters. The highest BCUT2D eigenvalue weighted by molar-refractivity contribution is 6.43. The molecule has 3 aliphatic rings. The number of hydrogen-bond donors (Lipinski definition) is 1. The van der Waals surface area contributed by atoms with E-state index in [1.807, 2.05) is 35.4 Å². The Labute approximate surface area is 268 Å². The van der Waals surface area contributed by atoms with Gasteiger partial charge in [0.2, 0.25) is 0 Å². The van der Waals surface area contributed by atoms with Gasteiger partial charge in [0.05, 0.1) is 27.2 Å². The van der Waals surface area contributed by atoms with E-state index < -0.39 is 0 Å². The van der Waals surface area contributed by atoms with Gasteiger partial charge in [-0.3, -0.25) is 19.5 Å². The maximum atomic E-state index is 13.6. The first-order chi connectivity index (χ1) is 21.4. The third kappa shape index (κ3) is 5.83. The van der Waals surface area contributed by atoms with E-state index in [2.05, 4.69) is 39.5 Å². The lowest BCUT2D eigenvalue weighted by Crippen LogP contribution is -2.48. The monoisotopic (exact) mass is 626 g/mol. The summed E-state index contributed by atoms with van der Waals surface area (Å²) in [5.41, 5.74) is 5.96. The second kappa shape index (κ2) is 12.2. The Morgan fingerprint density at radius 2 is 1.70 bits per heavy atom. The molecule has 8 heteroatoms.